The highest BCUT2D eigenvalue weighted by molar-refractivity contribution is 5.84. The van der Waals surface area contributed by atoms with Crippen molar-refractivity contribution in [2.24, 2.45) is 17.8 Å². The normalized spacial score (nSPS) is 32.9. The first-order valence-electron chi connectivity index (χ1n) is 16.8. The summed E-state index contributed by atoms with van der Waals surface area (Å²) < 4.78 is 10.9. The number of nitrogens with zero attached hydrogens (tertiary/aromatic N) is 3. The summed E-state index contributed by atoms with van der Waals surface area (Å²) in [6.07, 6.45) is 13.8. The highest BCUT2D eigenvalue weighted by atomic mass is 16.5. The molecule has 4 saturated heterocycles. The van der Waals surface area contributed by atoms with E-state index < -0.39 is 6.10 Å². The zero-order chi connectivity index (χ0) is 30.4. The Morgan fingerprint density at radius 1 is 1.02 bits per heavy atom. The van der Waals surface area contributed by atoms with Crippen LogP contribution in [0.5, 0.6) is 11.5 Å². The van der Waals surface area contributed by atoms with Crippen LogP contribution in [0.3, 0.4) is 0 Å². The van der Waals surface area contributed by atoms with Crippen molar-refractivity contribution in [2.75, 3.05) is 40.9 Å². The molecule has 8 atom stereocenters. The van der Waals surface area contributed by atoms with Crippen molar-refractivity contribution < 1.29 is 14.6 Å². The van der Waals surface area contributed by atoms with Crippen molar-refractivity contribution in [3.8, 4) is 11.5 Å². The number of likely N-dealkylation sites (tertiary alicyclic amines) is 1. The van der Waals surface area contributed by atoms with Crippen LogP contribution in [0, 0.1) is 17.8 Å². The number of methoxy groups -OCH3 is 2. The van der Waals surface area contributed by atoms with Crippen LogP contribution in [0.15, 0.2) is 61.3 Å². The zero-order valence-electron chi connectivity index (χ0n) is 26.8. The lowest BCUT2D eigenvalue weighted by molar-refractivity contribution is -0.0444. The van der Waals surface area contributed by atoms with Crippen LogP contribution in [-0.4, -0.2) is 72.9 Å². The first-order chi connectivity index (χ1) is 21.5. The summed E-state index contributed by atoms with van der Waals surface area (Å²) in [6, 6.07) is 15.6. The Morgan fingerprint density at radius 2 is 1.84 bits per heavy atom. The largest absolute Gasteiger partial charge is 0.497 e. The lowest BCUT2D eigenvalue weighted by Crippen LogP contribution is -2.59. The van der Waals surface area contributed by atoms with Gasteiger partial charge >= 0.3 is 0 Å². The molecular weight excluding hydrogens is 546 g/mol. The molecule has 1 aromatic heterocycles. The highest BCUT2D eigenvalue weighted by Crippen LogP contribution is 2.56. The standard InChI is InChI=1S/C20H24N2O2.C18H25NO/c1-3-13-12-22-9-7-14(13)10-19(22)20(23)16-6-8-21-18-5-4-15(24-2)11-17(16)18;1-19-10-9-18-8-4-3-5-15(18)17(19)11-13-6-7-14(20-2)12-16(13)18/h3-6,8,11,13-14,19-20,23H,1,7,9-10,12H2,2H3;6-7,12,15,17H,3-5,8-11H2,1-2H3/t13-,14-,19+,20-;15-,17+,18+/m01/s1. The maximum atomic E-state index is 11.2. The fourth-order valence-electron chi connectivity index (χ4n) is 9.75. The summed E-state index contributed by atoms with van der Waals surface area (Å²) in [4.78, 5) is 9.48. The molecule has 3 aromatic rings. The van der Waals surface area contributed by atoms with Gasteiger partial charge in [-0.1, -0.05) is 25.0 Å². The monoisotopic (exact) mass is 595 g/mol. The summed E-state index contributed by atoms with van der Waals surface area (Å²) in [5.74, 6) is 3.92. The number of aliphatic hydroxyl groups is 1. The summed E-state index contributed by atoms with van der Waals surface area (Å²) in [5, 5.41) is 12.1. The predicted molar refractivity (Wildman–Crippen MR) is 176 cm³/mol. The summed E-state index contributed by atoms with van der Waals surface area (Å²) in [5.41, 5.74) is 5.52. The summed E-state index contributed by atoms with van der Waals surface area (Å²) >= 11 is 0. The third kappa shape index (κ3) is 5.03. The molecule has 5 heterocycles. The second-order valence-electron chi connectivity index (χ2n) is 14.0. The van der Waals surface area contributed by atoms with Crippen molar-refractivity contribution in [1.29, 1.82) is 0 Å². The van der Waals surface area contributed by atoms with E-state index in [1.165, 1.54) is 51.5 Å². The van der Waals surface area contributed by atoms with E-state index in [-0.39, 0.29) is 6.04 Å². The number of pyridine rings is 1. The van der Waals surface area contributed by atoms with E-state index in [0.717, 1.165) is 59.4 Å². The molecule has 2 aromatic carbocycles. The second kappa shape index (κ2) is 12.1. The van der Waals surface area contributed by atoms with E-state index in [9.17, 15) is 5.11 Å². The predicted octanol–water partition coefficient (Wildman–Crippen LogP) is 6.56. The molecule has 6 heteroatoms. The summed E-state index contributed by atoms with van der Waals surface area (Å²) in [6.45, 7) is 7.33. The Bertz CT molecular complexity index is 1510. The number of ether oxygens (including phenoxy) is 2. The minimum absolute atomic E-state index is 0.178. The van der Waals surface area contributed by atoms with Crippen molar-refractivity contribution in [1.82, 2.24) is 14.8 Å². The van der Waals surface area contributed by atoms with E-state index >= 15 is 0 Å². The van der Waals surface area contributed by atoms with Gasteiger partial charge in [-0.2, -0.15) is 0 Å². The maximum absolute atomic E-state index is 11.2. The third-order valence-corrected chi connectivity index (χ3v) is 12.1. The molecule has 6 nitrogen and oxygen atoms in total. The number of rotatable bonds is 5. The average Bonchev–Trinajstić information content (AvgIpc) is 3.09. The Labute approximate surface area is 263 Å². The molecule has 4 aliphatic heterocycles. The van der Waals surface area contributed by atoms with Gasteiger partial charge in [0.05, 0.1) is 25.8 Å². The van der Waals surface area contributed by atoms with Crippen molar-refractivity contribution in [2.45, 2.75) is 75.0 Å². The number of piperidine rings is 4. The SMILES string of the molecule is C=C[C@H]1C[N@]2CC[C@H]1C[C@@H]2[C@@H](O)c1ccnc2ccc(OC)cc12.COc1ccc2c(c1)[C@]13CCCC[C@@H]1[C@H](C2)N(C)CC3. The molecule has 6 aliphatic rings. The third-order valence-electron chi connectivity index (χ3n) is 12.1. The van der Waals surface area contributed by atoms with Crippen molar-refractivity contribution in [3.05, 3.63) is 78.0 Å². The number of aromatic nitrogens is 1. The average molecular weight is 596 g/mol. The van der Waals surface area contributed by atoms with Gasteiger partial charge in [0.15, 0.2) is 0 Å². The van der Waals surface area contributed by atoms with Crippen LogP contribution in [0.4, 0.5) is 0 Å². The lowest BCUT2D eigenvalue weighted by Gasteiger charge is -2.58. The first-order valence-corrected chi connectivity index (χ1v) is 16.8. The van der Waals surface area contributed by atoms with Gasteiger partial charge < -0.3 is 19.5 Å². The molecule has 0 radical (unpaired) electrons. The number of likely N-dealkylation sites (N-methyl/N-ethyl adjacent to an activating group) is 1. The fraction of sp³-hybridized carbons (Fsp3) is 0.553. The van der Waals surface area contributed by atoms with Gasteiger partial charge in [-0.25, -0.2) is 0 Å². The highest BCUT2D eigenvalue weighted by Gasteiger charge is 2.53. The van der Waals surface area contributed by atoms with Crippen molar-refractivity contribution >= 4 is 10.9 Å². The van der Waals surface area contributed by atoms with Crippen LogP contribution in [0.1, 0.15) is 67.7 Å². The maximum Gasteiger partial charge on any atom is 0.119 e. The van der Waals surface area contributed by atoms with Gasteiger partial charge in [-0.05, 0) is 130 Å². The number of fused-ring (bicyclic) bond motifs is 5. The van der Waals surface area contributed by atoms with E-state index in [0.29, 0.717) is 17.3 Å². The van der Waals surface area contributed by atoms with Crippen LogP contribution >= 0.6 is 0 Å². The van der Waals surface area contributed by atoms with Gasteiger partial charge in [-0.3, -0.25) is 9.88 Å². The number of hydrogen-bond donors (Lipinski definition) is 1. The van der Waals surface area contributed by atoms with Crippen LogP contribution in [-0.2, 0) is 11.8 Å². The second-order valence-corrected chi connectivity index (χ2v) is 14.0. The number of benzene rings is 2. The molecule has 4 bridgehead atoms. The van der Waals surface area contributed by atoms with Crippen LogP contribution < -0.4 is 9.47 Å². The van der Waals surface area contributed by atoms with Crippen LogP contribution in [0.25, 0.3) is 10.9 Å². The van der Waals surface area contributed by atoms with E-state index in [4.69, 9.17) is 9.47 Å². The quantitative estimate of drug-likeness (QED) is 0.338. The molecule has 0 unspecified atom stereocenters. The number of aliphatic hydroxyl groups excluding tert-OH is 1. The Kier molecular flexibility index (Phi) is 8.19. The van der Waals surface area contributed by atoms with E-state index in [1.807, 2.05) is 24.3 Å². The summed E-state index contributed by atoms with van der Waals surface area (Å²) in [7, 11) is 5.78. The molecule has 5 fully saturated rings. The Morgan fingerprint density at radius 3 is 2.61 bits per heavy atom. The van der Waals surface area contributed by atoms with Gasteiger partial charge in [0.25, 0.3) is 0 Å². The topological polar surface area (TPSA) is 58.1 Å². The minimum atomic E-state index is -0.504. The van der Waals surface area contributed by atoms with Gasteiger partial charge in [-0.15, -0.1) is 6.58 Å². The molecule has 9 rings (SSSR count). The Balaban J connectivity index is 0.000000144. The molecule has 0 spiro atoms. The molecule has 1 saturated carbocycles. The minimum Gasteiger partial charge on any atom is -0.497 e. The first kappa shape index (κ1) is 29.8. The smallest absolute Gasteiger partial charge is 0.119 e. The Hall–Kier alpha value is -2.93. The molecule has 234 valence electrons. The zero-order valence-corrected chi connectivity index (χ0v) is 26.8. The van der Waals surface area contributed by atoms with E-state index in [2.05, 4.69) is 52.7 Å². The molecule has 2 aliphatic carbocycles. The molecule has 0 amide bonds. The van der Waals surface area contributed by atoms with Gasteiger partial charge in [0.2, 0.25) is 0 Å². The molecule has 1 N–H and O–H groups in total. The number of hydrogen-bond acceptors (Lipinski definition) is 6. The van der Waals surface area contributed by atoms with Gasteiger partial charge in [0, 0.05) is 35.6 Å². The van der Waals surface area contributed by atoms with E-state index in [1.54, 1.807) is 31.5 Å². The lowest BCUT2D eigenvalue weighted by atomic mass is 9.52. The fourth-order valence-corrected chi connectivity index (χ4v) is 9.75. The van der Waals surface area contributed by atoms with Crippen molar-refractivity contribution in [3.63, 3.8) is 0 Å². The molecule has 44 heavy (non-hydrogen) atoms. The van der Waals surface area contributed by atoms with Gasteiger partial charge in [0.1, 0.15) is 11.5 Å². The van der Waals surface area contributed by atoms with Crippen LogP contribution in [0.2, 0.25) is 0 Å². The molecular formula is C38H49N3O3.